The molecule has 2 rings (SSSR count). The van der Waals surface area contributed by atoms with E-state index in [-0.39, 0.29) is 0 Å². The second-order valence-electron chi connectivity index (χ2n) is 3.62. The second-order valence-corrected chi connectivity index (χ2v) is 4.06. The summed E-state index contributed by atoms with van der Waals surface area (Å²) in [5.74, 6) is 0. The number of hydrogen-bond donors (Lipinski definition) is 0. The minimum atomic E-state index is 0.675. The maximum absolute atomic E-state index is 8.68. The molecule has 0 N–H and O–H groups in total. The van der Waals surface area contributed by atoms with E-state index in [9.17, 15) is 0 Å². The van der Waals surface area contributed by atoms with Crippen LogP contribution in [0.2, 0.25) is 5.02 Å². The Morgan fingerprint density at radius 1 is 0.824 bits per heavy atom. The molecule has 0 atom stereocenters. The van der Waals surface area contributed by atoms with Gasteiger partial charge in [-0.2, -0.15) is 5.26 Å². The maximum atomic E-state index is 8.68. The van der Waals surface area contributed by atoms with Crippen molar-refractivity contribution < 1.29 is 0 Å². The predicted octanol–water partition coefficient (Wildman–Crippen LogP) is 4.38. The Kier molecular flexibility index (Phi) is 3.59. The molecule has 0 amide bonds. The third-order valence-electron chi connectivity index (χ3n) is 2.38. The van der Waals surface area contributed by atoms with Gasteiger partial charge in [0, 0.05) is 5.02 Å². The Bertz CT molecular complexity index is 559. The molecule has 0 unspecified atom stereocenters. The van der Waals surface area contributed by atoms with E-state index in [0.29, 0.717) is 5.56 Å². The number of hydrogen-bond acceptors (Lipinski definition) is 1. The van der Waals surface area contributed by atoms with Crippen molar-refractivity contribution in [3.8, 4) is 6.07 Å². The summed E-state index contributed by atoms with van der Waals surface area (Å²) in [4.78, 5) is 0. The lowest BCUT2D eigenvalue weighted by Gasteiger charge is -1.95. The summed E-state index contributed by atoms with van der Waals surface area (Å²) < 4.78 is 0. The van der Waals surface area contributed by atoms with Gasteiger partial charge < -0.3 is 0 Å². The molecule has 82 valence electrons. The van der Waals surface area contributed by atoms with Crippen molar-refractivity contribution in [3.05, 3.63) is 70.2 Å². The molecule has 0 aliphatic heterocycles. The highest BCUT2D eigenvalue weighted by Crippen LogP contribution is 2.13. The van der Waals surface area contributed by atoms with Gasteiger partial charge >= 0.3 is 0 Å². The first-order chi connectivity index (χ1) is 8.28. The zero-order valence-corrected chi connectivity index (χ0v) is 9.85. The highest BCUT2D eigenvalue weighted by Gasteiger charge is 1.91. The van der Waals surface area contributed by atoms with E-state index < -0.39 is 0 Å². The molecule has 0 bridgehead atoms. The SMILES string of the molecule is N#Cc1ccc(C=Cc2ccc(Cl)cc2)cc1. The predicted molar refractivity (Wildman–Crippen MR) is 71.5 cm³/mol. The topological polar surface area (TPSA) is 23.8 Å². The summed E-state index contributed by atoms with van der Waals surface area (Å²) >= 11 is 5.81. The van der Waals surface area contributed by atoms with Crippen LogP contribution in [0.15, 0.2) is 48.5 Å². The molecular formula is C15H10ClN. The van der Waals surface area contributed by atoms with Gasteiger partial charge in [0.15, 0.2) is 0 Å². The van der Waals surface area contributed by atoms with Crippen LogP contribution in [0.5, 0.6) is 0 Å². The smallest absolute Gasteiger partial charge is 0.0991 e. The number of nitrogens with zero attached hydrogens (tertiary/aromatic N) is 1. The van der Waals surface area contributed by atoms with Crippen LogP contribution >= 0.6 is 11.6 Å². The minimum absolute atomic E-state index is 0.675. The van der Waals surface area contributed by atoms with E-state index in [2.05, 4.69) is 6.07 Å². The molecule has 0 radical (unpaired) electrons. The maximum Gasteiger partial charge on any atom is 0.0991 e. The van der Waals surface area contributed by atoms with Crippen molar-refractivity contribution in [1.29, 1.82) is 5.26 Å². The highest BCUT2D eigenvalue weighted by atomic mass is 35.5. The van der Waals surface area contributed by atoms with E-state index in [1.54, 1.807) is 0 Å². The van der Waals surface area contributed by atoms with Gasteiger partial charge in [0.25, 0.3) is 0 Å². The van der Waals surface area contributed by atoms with Crippen molar-refractivity contribution in [1.82, 2.24) is 0 Å². The van der Waals surface area contributed by atoms with Crippen LogP contribution in [0, 0.1) is 11.3 Å². The Hall–Kier alpha value is -2.04. The Morgan fingerprint density at radius 2 is 1.29 bits per heavy atom. The third kappa shape index (κ3) is 3.21. The zero-order chi connectivity index (χ0) is 12.1. The fourth-order valence-electron chi connectivity index (χ4n) is 1.44. The number of rotatable bonds is 2. The second kappa shape index (κ2) is 5.34. The molecule has 2 aromatic rings. The molecule has 17 heavy (non-hydrogen) atoms. The standard InChI is InChI=1S/C15H10ClN/c16-15-9-7-13(8-10-15)2-1-12-3-5-14(11-17)6-4-12/h1-10H. The van der Waals surface area contributed by atoms with Crippen LogP contribution in [0.4, 0.5) is 0 Å². The summed E-state index contributed by atoms with van der Waals surface area (Å²) in [5, 5.41) is 9.42. The van der Waals surface area contributed by atoms with Gasteiger partial charge in [0.2, 0.25) is 0 Å². The molecular weight excluding hydrogens is 230 g/mol. The third-order valence-corrected chi connectivity index (χ3v) is 2.63. The first-order valence-corrected chi connectivity index (χ1v) is 5.59. The Morgan fingerprint density at radius 3 is 1.76 bits per heavy atom. The van der Waals surface area contributed by atoms with Crippen molar-refractivity contribution in [2.24, 2.45) is 0 Å². The van der Waals surface area contributed by atoms with E-state index in [1.807, 2.05) is 60.7 Å². The molecule has 0 saturated heterocycles. The quantitative estimate of drug-likeness (QED) is 0.714. The monoisotopic (exact) mass is 239 g/mol. The van der Waals surface area contributed by atoms with Crippen LogP contribution < -0.4 is 0 Å². The molecule has 2 aromatic carbocycles. The zero-order valence-electron chi connectivity index (χ0n) is 9.10. The van der Waals surface area contributed by atoms with Crippen LogP contribution in [0.25, 0.3) is 12.2 Å². The lowest BCUT2D eigenvalue weighted by atomic mass is 10.1. The minimum Gasteiger partial charge on any atom is -0.192 e. The molecule has 0 aromatic heterocycles. The molecule has 0 saturated carbocycles. The largest absolute Gasteiger partial charge is 0.192 e. The number of halogens is 1. The fourth-order valence-corrected chi connectivity index (χ4v) is 1.56. The van der Waals surface area contributed by atoms with Gasteiger partial charge in [0.1, 0.15) is 0 Å². The molecule has 0 aliphatic carbocycles. The van der Waals surface area contributed by atoms with Gasteiger partial charge in [-0.3, -0.25) is 0 Å². The average Bonchev–Trinajstić information content (AvgIpc) is 2.39. The van der Waals surface area contributed by atoms with Gasteiger partial charge in [-0.25, -0.2) is 0 Å². The molecule has 0 aliphatic rings. The van der Waals surface area contributed by atoms with Gasteiger partial charge in [-0.05, 0) is 35.4 Å². The van der Waals surface area contributed by atoms with E-state index in [1.165, 1.54) is 0 Å². The van der Waals surface area contributed by atoms with E-state index in [4.69, 9.17) is 16.9 Å². The van der Waals surface area contributed by atoms with Gasteiger partial charge in [0.05, 0.1) is 11.6 Å². The summed E-state index contributed by atoms with van der Waals surface area (Å²) in [7, 11) is 0. The van der Waals surface area contributed by atoms with Crippen LogP contribution in [-0.4, -0.2) is 0 Å². The first kappa shape index (κ1) is 11.4. The first-order valence-electron chi connectivity index (χ1n) is 5.22. The number of nitriles is 1. The van der Waals surface area contributed by atoms with Gasteiger partial charge in [-0.15, -0.1) is 0 Å². The summed E-state index contributed by atoms with van der Waals surface area (Å²) in [5.41, 5.74) is 2.84. The van der Waals surface area contributed by atoms with Gasteiger partial charge in [-0.1, -0.05) is 48.0 Å². The Balaban J connectivity index is 2.14. The van der Waals surface area contributed by atoms with Crippen molar-refractivity contribution >= 4 is 23.8 Å². The molecule has 2 heteroatoms. The van der Waals surface area contributed by atoms with E-state index in [0.717, 1.165) is 16.1 Å². The normalized spacial score (nSPS) is 10.4. The number of benzene rings is 2. The Labute approximate surface area is 106 Å². The van der Waals surface area contributed by atoms with Crippen LogP contribution in [0.3, 0.4) is 0 Å². The molecule has 1 nitrogen and oxygen atoms in total. The molecule has 0 spiro atoms. The lowest BCUT2D eigenvalue weighted by Crippen LogP contribution is -1.75. The average molecular weight is 240 g/mol. The summed E-state index contributed by atoms with van der Waals surface area (Å²) in [6.45, 7) is 0. The van der Waals surface area contributed by atoms with Crippen LogP contribution in [0.1, 0.15) is 16.7 Å². The lowest BCUT2D eigenvalue weighted by molar-refractivity contribution is 1.48. The van der Waals surface area contributed by atoms with Crippen molar-refractivity contribution in [3.63, 3.8) is 0 Å². The molecule has 0 fully saturated rings. The van der Waals surface area contributed by atoms with Crippen LogP contribution in [-0.2, 0) is 0 Å². The van der Waals surface area contributed by atoms with E-state index >= 15 is 0 Å². The summed E-state index contributed by atoms with van der Waals surface area (Å²) in [6, 6.07) is 17.2. The van der Waals surface area contributed by atoms with Crippen molar-refractivity contribution in [2.45, 2.75) is 0 Å². The molecule has 0 heterocycles. The summed E-state index contributed by atoms with van der Waals surface area (Å²) in [6.07, 6.45) is 4.02. The highest BCUT2D eigenvalue weighted by molar-refractivity contribution is 6.30. The van der Waals surface area contributed by atoms with Crippen molar-refractivity contribution in [2.75, 3.05) is 0 Å². The fraction of sp³-hybridized carbons (Fsp3) is 0.